The van der Waals surface area contributed by atoms with Crippen LogP contribution in [-0.2, 0) is 0 Å². The zero-order valence-electron chi connectivity index (χ0n) is 6.85. The van der Waals surface area contributed by atoms with Crippen molar-refractivity contribution in [3.8, 4) is 0 Å². The molecule has 0 fully saturated rings. The number of rotatable bonds is 2. The Kier molecular flexibility index (Phi) is 4.19. The molecule has 1 nitrogen and oxygen atoms in total. The van der Waals surface area contributed by atoms with E-state index in [1.807, 2.05) is 12.1 Å². The molecule has 1 rings (SSSR count). The fraction of sp³-hybridized carbons (Fsp3) is 0.222. The molecular formula is C9H7BrClIO. The molecule has 1 aromatic carbocycles. The molecule has 0 heterocycles. The van der Waals surface area contributed by atoms with Crippen molar-refractivity contribution in [1.29, 1.82) is 0 Å². The van der Waals surface area contributed by atoms with Crippen LogP contribution in [0.1, 0.15) is 17.3 Å². The van der Waals surface area contributed by atoms with E-state index in [1.54, 1.807) is 13.0 Å². The monoisotopic (exact) mass is 372 g/mol. The van der Waals surface area contributed by atoms with Crippen LogP contribution in [0.3, 0.4) is 0 Å². The summed E-state index contributed by atoms with van der Waals surface area (Å²) in [5.74, 6) is -0.0291. The van der Waals surface area contributed by atoms with Crippen molar-refractivity contribution in [3.63, 3.8) is 0 Å². The van der Waals surface area contributed by atoms with E-state index in [4.69, 9.17) is 11.6 Å². The highest BCUT2D eigenvalue weighted by atomic mass is 127. The molecule has 13 heavy (non-hydrogen) atoms. The smallest absolute Gasteiger partial charge is 0.181 e. The minimum Gasteiger partial charge on any atom is -0.292 e. The van der Waals surface area contributed by atoms with Gasteiger partial charge in [0.25, 0.3) is 0 Å². The number of hydrogen-bond donors (Lipinski definition) is 0. The lowest BCUT2D eigenvalue weighted by molar-refractivity contribution is 0.0991. The number of halogens is 3. The van der Waals surface area contributed by atoms with Gasteiger partial charge in [0, 0.05) is 13.6 Å². The summed E-state index contributed by atoms with van der Waals surface area (Å²) in [5, 5.41) is -0.463. The van der Waals surface area contributed by atoms with Gasteiger partial charge in [-0.3, -0.25) is 4.79 Å². The van der Waals surface area contributed by atoms with Crippen molar-refractivity contribution in [1.82, 2.24) is 0 Å². The highest BCUT2D eigenvalue weighted by molar-refractivity contribution is 14.1. The summed E-state index contributed by atoms with van der Waals surface area (Å²) in [5.41, 5.74) is 0.686. The summed E-state index contributed by atoms with van der Waals surface area (Å²) >= 11 is 11.2. The van der Waals surface area contributed by atoms with Crippen molar-refractivity contribution < 1.29 is 4.79 Å². The first kappa shape index (κ1) is 11.5. The van der Waals surface area contributed by atoms with E-state index in [0.29, 0.717) is 5.56 Å². The van der Waals surface area contributed by atoms with Crippen molar-refractivity contribution in [2.45, 2.75) is 12.3 Å². The van der Waals surface area contributed by atoms with Gasteiger partial charge in [0.1, 0.15) is 0 Å². The summed E-state index contributed by atoms with van der Waals surface area (Å²) in [4.78, 5) is 11.5. The molecule has 0 saturated carbocycles. The average Bonchev–Trinajstić information content (AvgIpc) is 2.03. The van der Waals surface area contributed by atoms with E-state index in [9.17, 15) is 4.79 Å². The van der Waals surface area contributed by atoms with Crippen LogP contribution >= 0.6 is 50.1 Å². The molecule has 1 atom stereocenters. The van der Waals surface area contributed by atoms with Crippen LogP contribution in [0.4, 0.5) is 0 Å². The Morgan fingerprint density at radius 1 is 1.62 bits per heavy atom. The minimum atomic E-state index is -0.463. The minimum absolute atomic E-state index is 0.0291. The number of hydrogen-bond acceptors (Lipinski definition) is 1. The van der Waals surface area contributed by atoms with Crippen molar-refractivity contribution in [3.05, 3.63) is 31.8 Å². The largest absolute Gasteiger partial charge is 0.292 e. The molecule has 0 aliphatic heterocycles. The number of carbonyl (C=O) groups excluding carboxylic acids is 1. The first-order valence-corrected chi connectivity index (χ1v) is 5.96. The van der Waals surface area contributed by atoms with Gasteiger partial charge < -0.3 is 0 Å². The zero-order chi connectivity index (χ0) is 10.0. The maximum atomic E-state index is 11.5. The zero-order valence-corrected chi connectivity index (χ0v) is 11.4. The first-order valence-electron chi connectivity index (χ1n) is 3.65. The van der Waals surface area contributed by atoms with Crippen LogP contribution in [0.25, 0.3) is 0 Å². The molecule has 0 saturated heterocycles. The molecular weight excluding hydrogens is 366 g/mol. The second-order valence-electron chi connectivity index (χ2n) is 2.60. The van der Waals surface area contributed by atoms with Crippen LogP contribution in [-0.4, -0.2) is 11.2 Å². The number of alkyl halides is 1. The summed E-state index contributed by atoms with van der Waals surface area (Å²) < 4.78 is 1.89. The number of benzene rings is 1. The van der Waals surface area contributed by atoms with E-state index in [2.05, 4.69) is 38.5 Å². The molecule has 0 bridgehead atoms. The van der Waals surface area contributed by atoms with E-state index in [0.717, 1.165) is 8.04 Å². The summed E-state index contributed by atoms with van der Waals surface area (Å²) in [6.07, 6.45) is 0. The molecule has 0 N–H and O–H groups in total. The fourth-order valence-electron chi connectivity index (χ4n) is 0.904. The molecule has 70 valence electrons. The molecule has 0 aromatic heterocycles. The average molecular weight is 373 g/mol. The Morgan fingerprint density at radius 2 is 2.23 bits per heavy atom. The lowest BCUT2D eigenvalue weighted by Crippen LogP contribution is -2.11. The summed E-state index contributed by atoms with van der Waals surface area (Å²) in [6, 6.07) is 5.52. The normalized spacial score (nSPS) is 12.6. The molecule has 1 unspecified atom stereocenters. The predicted octanol–water partition coefficient (Wildman–Crippen LogP) is 3.86. The lowest BCUT2D eigenvalue weighted by Gasteiger charge is -2.05. The van der Waals surface area contributed by atoms with E-state index >= 15 is 0 Å². The van der Waals surface area contributed by atoms with Crippen LogP contribution in [0.2, 0.25) is 0 Å². The Morgan fingerprint density at radius 3 is 2.69 bits per heavy atom. The maximum Gasteiger partial charge on any atom is 0.181 e. The Bertz CT molecular complexity index is 338. The number of ketones is 1. The fourth-order valence-corrected chi connectivity index (χ4v) is 2.59. The van der Waals surface area contributed by atoms with Gasteiger partial charge in [0.05, 0.1) is 5.38 Å². The van der Waals surface area contributed by atoms with Crippen molar-refractivity contribution in [2.24, 2.45) is 0 Å². The van der Waals surface area contributed by atoms with Crippen molar-refractivity contribution >= 4 is 55.9 Å². The molecule has 0 aliphatic rings. The molecule has 4 heteroatoms. The summed E-state index contributed by atoms with van der Waals surface area (Å²) in [7, 11) is 0. The standard InChI is InChI=1S/C9H7BrClIO/c1-5(11)9(13)7-3-2-6(10)4-8(7)12/h2-5H,1H3. The number of carbonyl (C=O) groups is 1. The van der Waals surface area contributed by atoms with E-state index < -0.39 is 5.38 Å². The van der Waals surface area contributed by atoms with E-state index in [-0.39, 0.29) is 5.78 Å². The van der Waals surface area contributed by atoms with Crippen molar-refractivity contribution in [2.75, 3.05) is 0 Å². The van der Waals surface area contributed by atoms with Gasteiger partial charge in [0.2, 0.25) is 0 Å². The highest BCUT2D eigenvalue weighted by Gasteiger charge is 2.14. The molecule has 0 amide bonds. The SMILES string of the molecule is CC(Cl)C(=O)c1ccc(Br)cc1I. The second-order valence-corrected chi connectivity index (χ2v) is 5.34. The van der Waals surface area contributed by atoms with Gasteiger partial charge in [-0.15, -0.1) is 11.6 Å². The Labute approximate surface area is 104 Å². The lowest BCUT2D eigenvalue weighted by atomic mass is 10.1. The highest BCUT2D eigenvalue weighted by Crippen LogP contribution is 2.20. The van der Waals surface area contributed by atoms with Crippen LogP contribution in [0.15, 0.2) is 22.7 Å². The first-order chi connectivity index (χ1) is 6.02. The van der Waals surface area contributed by atoms with Gasteiger partial charge in [-0.2, -0.15) is 0 Å². The number of Topliss-reactive ketones (excluding diaryl/α,β-unsaturated/α-hetero) is 1. The Hall–Kier alpha value is 0.390. The predicted molar refractivity (Wildman–Crippen MR) is 66.5 cm³/mol. The quantitative estimate of drug-likeness (QED) is 0.437. The molecule has 0 spiro atoms. The third-order valence-electron chi connectivity index (χ3n) is 1.56. The molecule has 0 radical (unpaired) electrons. The molecule has 1 aromatic rings. The second kappa shape index (κ2) is 4.75. The molecule has 0 aliphatic carbocycles. The summed E-state index contributed by atoms with van der Waals surface area (Å²) in [6.45, 7) is 1.68. The van der Waals surface area contributed by atoms with E-state index in [1.165, 1.54) is 0 Å². The van der Waals surface area contributed by atoms with Gasteiger partial charge in [-0.1, -0.05) is 15.9 Å². The third-order valence-corrected chi connectivity index (χ3v) is 3.14. The van der Waals surface area contributed by atoms with Gasteiger partial charge >= 0.3 is 0 Å². The van der Waals surface area contributed by atoms with Gasteiger partial charge in [0.15, 0.2) is 5.78 Å². The van der Waals surface area contributed by atoms with Crippen LogP contribution in [0, 0.1) is 3.57 Å². The van der Waals surface area contributed by atoms with Crippen LogP contribution in [0.5, 0.6) is 0 Å². The van der Waals surface area contributed by atoms with Crippen LogP contribution < -0.4 is 0 Å². The van der Waals surface area contributed by atoms with Gasteiger partial charge in [-0.25, -0.2) is 0 Å². The third kappa shape index (κ3) is 2.92. The van der Waals surface area contributed by atoms with Gasteiger partial charge in [-0.05, 0) is 47.7 Å². The topological polar surface area (TPSA) is 17.1 Å². The maximum absolute atomic E-state index is 11.5. The Balaban J connectivity index is 3.09.